The van der Waals surface area contributed by atoms with Gasteiger partial charge in [0.05, 0.1) is 6.33 Å². The zero-order chi connectivity index (χ0) is 19.2. The van der Waals surface area contributed by atoms with Crippen LogP contribution in [0.3, 0.4) is 0 Å². The lowest BCUT2D eigenvalue weighted by Crippen LogP contribution is -2.47. The molecule has 2 aromatic rings. The maximum absolute atomic E-state index is 12.4. The third-order valence-corrected chi connectivity index (χ3v) is 5.36. The minimum Gasteiger partial charge on any atom is -0.369 e. The molecule has 1 aliphatic heterocycles. The summed E-state index contributed by atoms with van der Waals surface area (Å²) < 4.78 is 1.83. The number of nitrogens with zero attached hydrogens (tertiary/aromatic N) is 4. The van der Waals surface area contributed by atoms with Gasteiger partial charge >= 0.3 is 0 Å². The maximum Gasteiger partial charge on any atom is 0.243 e. The Kier molecular flexibility index (Phi) is 6.50. The number of carbonyl (C=O) groups is 1. The summed E-state index contributed by atoms with van der Waals surface area (Å²) in [6, 6.07) is 8.66. The van der Waals surface area contributed by atoms with E-state index >= 15 is 0 Å². The number of imidazole rings is 1. The molecular weight excluding hydrogens is 338 g/mol. The summed E-state index contributed by atoms with van der Waals surface area (Å²) in [4.78, 5) is 21.3. The molecule has 2 heterocycles. The summed E-state index contributed by atoms with van der Waals surface area (Å²) in [5.74, 6) is 0.0461. The summed E-state index contributed by atoms with van der Waals surface area (Å²) in [6.07, 6.45) is 6.17. The first-order chi connectivity index (χ1) is 13.0. The van der Waals surface area contributed by atoms with Crippen LogP contribution < -0.4 is 10.2 Å². The third kappa shape index (κ3) is 5.32. The van der Waals surface area contributed by atoms with Crippen molar-refractivity contribution in [2.45, 2.75) is 39.3 Å². The Bertz CT molecular complexity index is 722. The minimum absolute atomic E-state index is 0.0461. The second-order valence-corrected chi connectivity index (χ2v) is 7.55. The largest absolute Gasteiger partial charge is 0.369 e. The predicted molar refractivity (Wildman–Crippen MR) is 109 cm³/mol. The molecule has 2 atom stereocenters. The van der Waals surface area contributed by atoms with Crippen molar-refractivity contribution in [2.75, 3.05) is 37.6 Å². The SMILES string of the molecule is Cc1cccc(N2CCN(CC[C@@H](C)NC(=O)[C@@H](C)n3ccnc3)CC2)c1. The fraction of sp³-hybridized carbons (Fsp3) is 0.524. The summed E-state index contributed by atoms with van der Waals surface area (Å²) >= 11 is 0. The fourth-order valence-corrected chi connectivity index (χ4v) is 3.50. The Morgan fingerprint density at radius 3 is 2.67 bits per heavy atom. The Balaban J connectivity index is 1.39. The predicted octanol–water partition coefficient (Wildman–Crippen LogP) is 2.47. The lowest BCUT2D eigenvalue weighted by atomic mass is 10.1. The van der Waals surface area contributed by atoms with Crippen molar-refractivity contribution in [3.05, 3.63) is 48.5 Å². The average molecular weight is 370 g/mol. The van der Waals surface area contributed by atoms with Gasteiger partial charge in [0.15, 0.2) is 0 Å². The first-order valence-corrected chi connectivity index (χ1v) is 9.84. The van der Waals surface area contributed by atoms with E-state index in [1.54, 1.807) is 12.5 Å². The van der Waals surface area contributed by atoms with Gasteiger partial charge in [0, 0.05) is 56.8 Å². The topological polar surface area (TPSA) is 53.4 Å². The smallest absolute Gasteiger partial charge is 0.243 e. The number of aromatic nitrogens is 2. The molecule has 0 bridgehead atoms. The van der Waals surface area contributed by atoms with Gasteiger partial charge in [-0.2, -0.15) is 0 Å². The van der Waals surface area contributed by atoms with E-state index in [1.807, 2.05) is 17.7 Å². The van der Waals surface area contributed by atoms with Gasteiger partial charge in [-0.3, -0.25) is 9.69 Å². The van der Waals surface area contributed by atoms with Crippen molar-refractivity contribution in [3.63, 3.8) is 0 Å². The number of nitrogens with one attached hydrogen (secondary N) is 1. The van der Waals surface area contributed by atoms with Gasteiger partial charge in [0.25, 0.3) is 0 Å². The second-order valence-electron chi connectivity index (χ2n) is 7.55. The number of rotatable bonds is 7. The van der Waals surface area contributed by atoms with Crippen LogP contribution in [-0.4, -0.2) is 59.1 Å². The number of piperazine rings is 1. The summed E-state index contributed by atoms with van der Waals surface area (Å²) in [6.45, 7) is 11.4. The number of hydrogen-bond donors (Lipinski definition) is 1. The monoisotopic (exact) mass is 369 g/mol. The molecule has 1 aromatic heterocycles. The summed E-state index contributed by atoms with van der Waals surface area (Å²) in [7, 11) is 0. The molecule has 146 valence electrons. The van der Waals surface area contributed by atoms with E-state index in [1.165, 1.54) is 11.3 Å². The van der Waals surface area contributed by atoms with Crippen molar-refractivity contribution in [3.8, 4) is 0 Å². The van der Waals surface area contributed by atoms with Crippen LogP contribution in [0.4, 0.5) is 5.69 Å². The van der Waals surface area contributed by atoms with Crippen LogP contribution in [0.25, 0.3) is 0 Å². The Labute approximate surface area is 162 Å². The average Bonchev–Trinajstić information content (AvgIpc) is 3.21. The van der Waals surface area contributed by atoms with Crippen molar-refractivity contribution in [1.82, 2.24) is 19.8 Å². The number of benzene rings is 1. The normalized spacial score (nSPS) is 17.5. The summed E-state index contributed by atoms with van der Waals surface area (Å²) in [5, 5.41) is 3.12. The van der Waals surface area contributed by atoms with Gasteiger partial charge in [-0.1, -0.05) is 12.1 Å². The highest BCUT2D eigenvalue weighted by atomic mass is 16.2. The van der Waals surface area contributed by atoms with E-state index in [-0.39, 0.29) is 18.0 Å². The molecule has 27 heavy (non-hydrogen) atoms. The van der Waals surface area contributed by atoms with E-state index in [0.29, 0.717) is 0 Å². The molecular formula is C21H31N5O. The number of hydrogen-bond acceptors (Lipinski definition) is 4. The number of carbonyl (C=O) groups excluding carboxylic acids is 1. The molecule has 0 saturated carbocycles. The standard InChI is InChI=1S/C21H31N5O/c1-17-5-4-6-20(15-17)25-13-11-24(12-14-25)9-7-18(2)23-21(27)19(3)26-10-8-22-16-26/h4-6,8,10,15-16,18-19H,7,9,11-14H2,1-3H3,(H,23,27)/t18-,19-/m1/s1. The molecule has 0 unspecified atom stereocenters. The first-order valence-electron chi connectivity index (χ1n) is 9.84. The Hall–Kier alpha value is -2.34. The van der Waals surface area contributed by atoms with Crippen LogP contribution in [0.1, 0.15) is 31.9 Å². The van der Waals surface area contributed by atoms with E-state index in [2.05, 4.69) is 58.2 Å². The number of anilines is 1. The van der Waals surface area contributed by atoms with Crippen LogP contribution in [0.5, 0.6) is 0 Å². The van der Waals surface area contributed by atoms with Gasteiger partial charge in [-0.05, 0) is 44.9 Å². The fourth-order valence-electron chi connectivity index (χ4n) is 3.50. The third-order valence-electron chi connectivity index (χ3n) is 5.36. The molecule has 1 amide bonds. The van der Waals surface area contributed by atoms with Gasteiger partial charge in [-0.15, -0.1) is 0 Å². The van der Waals surface area contributed by atoms with E-state index < -0.39 is 0 Å². The molecule has 1 aromatic carbocycles. The molecule has 6 nitrogen and oxygen atoms in total. The molecule has 3 rings (SSSR count). The van der Waals surface area contributed by atoms with Crippen LogP contribution in [0.2, 0.25) is 0 Å². The molecule has 6 heteroatoms. The van der Waals surface area contributed by atoms with Gasteiger partial charge in [0.2, 0.25) is 5.91 Å². The number of aryl methyl sites for hydroxylation is 1. The molecule has 0 radical (unpaired) electrons. The molecule has 0 aliphatic carbocycles. The van der Waals surface area contributed by atoms with Crippen molar-refractivity contribution in [1.29, 1.82) is 0 Å². The highest BCUT2D eigenvalue weighted by Gasteiger charge is 2.19. The van der Waals surface area contributed by atoms with Crippen molar-refractivity contribution in [2.24, 2.45) is 0 Å². The zero-order valence-corrected chi connectivity index (χ0v) is 16.6. The molecule has 1 saturated heterocycles. The van der Waals surface area contributed by atoms with E-state index in [0.717, 1.165) is 39.1 Å². The van der Waals surface area contributed by atoms with Crippen LogP contribution >= 0.6 is 0 Å². The van der Waals surface area contributed by atoms with E-state index in [4.69, 9.17) is 0 Å². The number of amides is 1. The highest BCUT2D eigenvalue weighted by molar-refractivity contribution is 5.80. The Morgan fingerprint density at radius 1 is 1.22 bits per heavy atom. The molecule has 0 spiro atoms. The second kappa shape index (κ2) is 9.04. The zero-order valence-electron chi connectivity index (χ0n) is 16.6. The highest BCUT2D eigenvalue weighted by Crippen LogP contribution is 2.18. The lowest BCUT2D eigenvalue weighted by Gasteiger charge is -2.36. The van der Waals surface area contributed by atoms with Gasteiger partial charge in [0.1, 0.15) is 6.04 Å². The maximum atomic E-state index is 12.4. The summed E-state index contributed by atoms with van der Waals surface area (Å²) in [5.41, 5.74) is 2.63. The van der Waals surface area contributed by atoms with Crippen LogP contribution in [-0.2, 0) is 4.79 Å². The van der Waals surface area contributed by atoms with Gasteiger partial charge < -0.3 is 14.8 Å². The molecule has 1 N–H and O–H groups in total. The van der Waals surface area contributed by atoms with Crippen molar-refractivity contribution < 1.29 is 4.79 Å². The van der Waals surface area contributed by atoms with Crippen LogP contribution in [0.15, 0.2) is 43.0 Å². The first kappa shape index (κ1) is 19.4. The quantitative estimate of drug-likeness (QED) is 0.815. The van der Waals surface area contributed by atoms with E-state index in [9.17, 15) is 4.79 Å². The van der Waals surface area contributed by atoms with Gasteiger partial charge in [-0.25, -0.2) is 4.98 Å². The minimum atomic E-state index is -0.229. The molecule has 1 fully saturated rings. The van der Waals surface area contributed by atoms with Crippen molar-refractivity contribution >= 4 is 11.6 Å². The molecule has 1 aliphatic rings. The lowest BCUT2D eigenvalue weighted by molar-refractivity contribution is -0.124. The Morgan fingerprint density at radius 2 is 2.00 bits per heavy atom. The van der Waals surface area contributed by atoms with Crippen LogP contribution in [0, 0.1) is 6.92 Å².